The van der Waals surface area contributed by atoms with Crippen LogP contribution in [-0.2, 0) is 19.4 Å². The van der Waals surface area contributed by atoms with Gasteiger partial charge in [0, 0.05) is 22.6 Å². The molecule has 0 radical (unpaired) electrons. The van der Waals surface area contributed by atoms with Gasteiger partial charge in [-0.15, -0.1) is 23.1 Å². The predicted octanol–water partition coefficient (Wildman–Crippen LogP) is 3.39. The van der Waals surface area contributed by atoms with Gasteiger partial charge in [0.25, 0.3) is 0 Å². The molecule has 138 valence electrons. The molecule has 4 heterocycles. The molecule has 9 heteroatoms. The van der Waals surface area contributed by atoms with E-state index in [0.717, 1.165) is 46.5 Å². The van der Waals surface area contributed by atoms with Crippen LogP contribution in [0.5, 0.6) is 0 Å². The van der Waals surface area contributed by atoms with Crippen LogP contribution < -0.4 is 5.73 Å². The van der Waals surface area contributed by atoms with E-state index in [1.165, 1.54) is 35.0 Å². The van der Waals surface area contributed by atoms with E-state index in [9.17, 15) is 0 Å². The van der Waals surface area contributed by atoms with Crippen molar-refractivity contribution in [3.05, 3.63) is 28.9 Å². The van der Waals surface area contributed by atoms with Crippen LogP contribution in [0.2, 0.25) is 0 Å². The second-order valence-corrected chi connectivity index (χ2v) is 8.85. The maximum Gasteiger partial charge on any atom is 0.165 e. The monoisotopic (exact) mass is 397 g/mol. The fourth-order valence-electron chi connectivity index (χ4n) is 3.63. The molecule has 0 bridgehead atoms. The lowest BCUT2D eigenvalue weighted by atomic mass is 10.2. The van der Waals surface area contributed by atoms with Gasteiger partial charge in [0.05, 0.1) is 6.33 Å². The lowest BCUT2D eigenvalue weighted by Crippen LogP contribution is -2.00. The molecule has 5 rings (SSSR count). The molecule has 0 amide bonds. The molecule has 2 N–H and O–H groups in total. The van der Waals surface area contributed by atoms with Crippen LogP contribution in [0.4, 0.5) is 5.82 Å². The van der Waals surface area contributed by atoms with Gasteiger partial charge in [0.1, 0.15) is 27.5 Å². The van der Waals surface area contributed by atoms with Gasteiger partial charge in [-0.25, -0.2) is 24.9 Å². The van der Waals surface area contributed by atoms with Crippen molar-refractivity contribution in [2.75, 3.05) is 11.5 Å². The molecule has 4 aromatic heterocycles. The first-order valence-electron chi connectivity index (χ1n) is 9.03. The zero-order chi connectivity index (χ0) is 18.4. The largest absolute Gasteiger partial charge is 0.382 e. The van der Waals surface area contributed by atoms with Crippen LogP contribution in [0.15, 0.2) is 17.7 Å². The first kappa shape index (κ1) is 16.9. The molecule has 1 aliphatic carbocycles. The minimum atomic E-state index is 0.429. The van der Waals surface area contributed by atoms with E-state index < -0.39 is 0 Å². The number of thiophene rings is 1. The molecule has 27 heavy (non-hydrogen) atoms. The maximum atomic E-state index is 5.86. The number of hydrogen-bond donors (Lipinski definition) is 1. The number of nitrogens with zero attached hydrogens (tertiary/aromatic N) is 6. The number of fused-ring (bicyclic) bond motifs is 4. The average Bonchev–Trinajstić information content (AvgIpc) is 3.33. The molecule has 0 aromatic carbocycles. The number of rotatable bonds is 5. The van der Waals surface area contributed by atoms with Crippen LogP contribution in [0.1, 0.15) is 29.1 Å². The minimum absolute atomic E-state index is 0.429. The molecule has 0 unspecified atom stereocenters. The van der Waals surface area contributed by atoms with Crippen molar-refractivity contribution in [1.29, 1.82) is 0 Å². The van der Waals surface area contributed by atoms with Gasteiger partial charge in [0.15, 0.2) is 11.5 Å². The molecule has 0 spiro atoms. The smallest absolute Gasteiger partial charge is 0.165 e. The summed E-state index contributed by atoms with van der Waals surface area (Å²) in [6.45, 7) is 2.82. The number of anilines is 1. The van der Waals surface area contributed by atoms with E-state index in [2.05, 4.69) is 19.9 Å². The Labute approximate surface area is 164 Å². The minimum Gasteiger partial charge on any atom is -0.382 e. The standard InChI is InChI=1S/C18H19N7S2/c1-10-23-17(13-11-4-2-5-12(11)27-18(13)24-10)26-7-3-6-25-9-22-14-15(19)20-8-21-16(14)25/h8-9H,2-7H2,1H3,(H2,19,20,21). The highest BCUT2D eigenvalue weighted by Gasteiger charge is 2.21. The summed E-state index contributed by atoms with van der Waals surface area (Å²) in [6, 6.07) is 0. The van der Waals surface area contributed by atoms with E-state index in [0.29, 0.717) is 11.3 Å². The average molecular weight is 398 g/mol. The van der Waals surface area contributed by atoms with E-state index in [4.69, 9.17) is 10.7 Å². The summed E-state index contributed by atoms with van der Waals surface area (Å²) < 4.78 is 2.04. The predicted molar refractivity (Wildman–Crippen MR) is 109 cm³/mol. The maximum absolute atomic E-state index is 5.86. The normalized spacial score (nSPS) is 13.7. The van der Waals surface area contributed by atoms with Crippen LogP contribution >= 0.6 is 23.1 Å². The Morgan fingerprint density at radius 2 is 2.15 bits per heavy atom. The number of nitrogen functional groups attached to an aromatic ring is 1. The summed E-state index contributed by atoms with van der Waals surface area (Å²) >= 11 is 3.68. The Balaban J connectivity index is 1.32. The Hall–Kier alpha value is -2.26. The lowest BCUT2D eigenvalue weighted by molar-refractivity contribution is 0.696. The second-order valence-electron chi connectivity index (χ2n) is 6.68. The Morgan fingerprint density at radius 3 is 3.07 bits per heavy atom. The molecule has 7 nitrogen and oxygen atoms in total. The van der Waals surface area contributed by atoms with E-state index >= 15 is 0 Å². The van der Waals surface area contributed by atoms with E-state index in [1.807, 2.05) is 34.6 Å². The third-order valence-corrected chi connectivity index (χ3v) is 7.10. The second kappa shape index (κ2) is 6.72. The molecule has 1 aliphatic rings. The fourth-order valence-corrected chi connectivity index (χ4v) is 6.03. The fraction of sp³-hybridized carbons (Fsp3) is 0.389. The number of aromatic nitrogens is 6. The third-order valence-electron chi connectivity index (χ3n) is 4.85. The zero-order valence-corrected chi connectivity index (χ0v) is 16.6. The molecule has 0 fully saturated rings. The van der Waals surface area contributed by atoms with Crippen molar-refractivity contribution >= 4 is 50.3 Å². The van der Waals surface area contributed by atoms with Gasteiger partial charge in [-0.05, 0) is 38.2 Å². The van der Waals surface area contributed by atoms with Gasteiger partial charge in [-0.3, -0.25) is 0 Å². The Kier molecular flexibility index (Phi) is 4.20. The van der Waals surface area contributed by atoms with Gasteiger partial charge in [0.2, 0.25) is 0 Å². The Bertz CT molecular complexity index is 1150. The van der Waals surface area contributed by atoms with Crippen LogP contribution in [0.25, 0.3) is 21.4 Å². The molecule has 0 atom stereocenters. The summed E-state index contributed by atoms with van der Waals surface area (Å²) in [5.41, 5.74) is 8.82. The van der Waals surface area contributed by atoms with Crippen molar-refractivity contribution in [1.82, 2.24) is 29.5 Å². The summed E-state index contributed by atoms with van der Waals surface area (Å²) in [5.74, 6) is 2.27. The van der Waals surface area contributed by atoms with E-state index in [-0.39, 0.29) is 0 Å². The van der Waals surface area contributed by atoms with Crippen molar-refractivity contribution in [2.45, 2.75) is 44.2 Å². The zero-order valence-electron chi connectivity index (χ0n) is 15.0. The lowest BCUT2D eigenvalue weighted by Gasteiger charge is -2.06. The van der Waals surface area contributed by atoms with Crippen LogP contribution in [-0.4, -0.2) is 35.2 Å². The third kappa shape index (κ3) is 2.94. The number of nitrogens with two attached hydrogens (primary N) is 1. The summed E-state index contributed by atoms with van der Waals surface area (Å²) in [7, 11) is 0. The van der Waals surface area contributed by atoms with Gasteiger partial charge < -0.3 is 10.3 Å². The van der Waals surface area contributed by atoms with Crippen molar-refractivity contribution < 1.29 is 0 Å². The Morgan fingerprint density at radius 1 is 1.22 bits per heavy atom. The number of imidazole rings is 1. The molecule has 0 aliphatic heterocycles. The first-order chi connectivity index (χ1) is 13.2. The van der Waals surface area contributed by atoms with Gasteiger partial charge in [-0.1, -0.05) is 0 Å². The topological polar surface area (TPSA) is 95.4 Å². The van der Waals surface area contributed by atoms with Gasteiger partial charge >= 0.3 is 0 Å². The molecule has 4 aromatic rings. The molecule has 0 saturated heterocycles. The molecule has 0 saturated carbocycles. The van der Waals surface area contributed by atoms with Crippen molar-refractivity contribution in [3.63, 3.8) is 0 Å². The SMILES string of the molecule is Cc1nc(SCCCn2cnc3c(N)ncnc32)c2c3c(sc2n1)CCC3. The quantitative estimate of drug-likeness (QED) is 0.313. The van der Waals surface area contributed by atoms with Crippen molar-refractivity contribution in [2.24, 2.45) is 0 Å². The van der Waals surface area contributed by atoms with Crippen LogP contribution in [0.3, 0.4) is 0 Å². The summed E-state index contributed by atoms with van der Waals surface area (Å²) in [4.78, 5) is 24.7. The van der Waals surface area contributed by atoms with Crippen molar-refractivity contribution in [3.8, 4) is 0 Å². The van der Waals surface area contributed by atoms with Crippen LogP contribution in [0, 0.1) is 6.92 Å². The number of aryl methyl sites for hydroxylation is 4. The first-order valence-corrected chi connectivity index (χ1v) is 10.8. The summed E-state index contributed by atoms with van der Waals surface area (Å²) in [6.07, 6.45) is 7.89. The van der Waals surface area contributed by atoms with E-state index in [1.54, 1.807) is 6.33 Å². The number of hydrogen-bond acceptors (Lipinski definition) is 8. The molecular weight excluding hydrogens is 378 g/mol. The number of thioether (sulfide) groups is 1. The summed E-state index contributed by atoms with van der Waals surface area (Å²) in [5, 5.41) is 2.44. The highest BCUT2D eigenvalue weighted by molar-refractivity contribution is 7.99. The highest BCUT2D eigenvalue weighted by Crippen LogP contribution is 2.40. The highest BCUT2D eigenvalue weighted by atomic mass is 32.2. The molecular formula is C18H19N7S2. The van der Waals surface area contributed by atoms with Gasteiger partial charge in [-0.2, -0.15) is 0 Å².